The Labute approximate surface area is 113 Å². The third-order valence-electron chi connectivity index (χ3n) is 2.14. The van der Waals surface area contributed by atoms with Gasteiger partial charge in [0.15, 0.2) is 0 Å². The number of alkyl halides is 2. The van der Waals surface area contributed by atoms with Crippen LogP contribution in [-0.4, -0.2) is 30.1 Å². The van der Waals surface area contributed by atoms with Crippen LogP contribution < -0.4 is 5.32 Å². The fraction of sp³-hybridized carbons (Fsp3) is 0.364. The zero-order valence-electron chi connectivity index (χ0n) is 9.22. The van der Waals surface area contributed by atoms with E-state index in [1.54, 1.807) is 12.1 Å². The Morgan fingerprint density at radius 3 is 2.61 bits per heavy atom. The maximum absolute atomic E-state index is 12.7. The minimum absolute atomic E-state index is 0.127. The van der Waals surface area contributed by atoms with Gasteiger partial charge in [-0.1, -0.05) is 29.3 Å². The molecule has 1 aromatic rings. The summed E-state index contributed by atoms with van der Waals surface area (Å²) in [6.07, 6.45) is -0.127. The van der Waals surface area contributed by atoms with E-state index >= 15 is 0 Å². The van der Waals surface area contributed by atoms with E-state index in [0.29, 0.717) is 15.6 Å². The lowest BCUT2D eigenvalue weighted by Crippen LogP contribution is -2.39. The predicted molar refractivity (Wildman–Crippen MR) is 65.2 cm³/mol. The van der Waals surface area contributed by atoms with Gasteiger partial charge in [-0.15, -0.1) is 0 Å². The Morgan fingerprint density at radius 1 is 1.39 bits per heavy atom. The molecule has 0 saturated heterocycles. The lowest BCUT2D eigenvalue weighted by atomic mass is 10.1. The highest BCUT2D eigenvalue weighted by Crippen LogP contribution is 2.21. The summed E-state index contributed by atoms with van der Waals surface area (Å²) in [7, 11) is 0. The number of aliphatic hydroxyl groups excluding tert-OH is 1. The van der Waals surface area contributed by atoms with Crippen LogP contribution in [0.2, 0.25) is 10.0 Å². The smallest absolute Gasteiger partial charge is 0.287 e. The first-order valence-electron chi connectivity index (χ1n) is 5.03. The first-order chi connectivity index (χ1) is 8.34. The summed E-state index contributed by atoms with van der Waals surface area (Å²) in [6, 6.07) is 4.57. The third-order valence-corrected chi connectivity index (χ3v) is 2.73. The Balaban J connectivity index is 2.55. The van der Waals surface area contributed by atoms with Gasteiger partial charge < -0.3 is 10.4 Å². The second-order valence-electron chi connectivity index (χ2n) is 3.70. The number of nitrogens with one attached hydrogen (secondary N) is 1. The molecule has 7 heteroatoms. The monoisotopic (exact) mass is 297 g/mol. The molecule has 0 radical (unpaired) electrons. The molecule has 1 aromatic carbocycles. The summed E-state index contributed by atoms with van der Waals surface area (Å²) in [4.78, 5) is 11.4. The van der Waals surface area contributed by atoms with Crippen LogP contribution in [-0.2, 0) is 11.2 Å². The van der Waals surface area contributed by atoms with E-state index in [-0.39, 0.29) is 6.42 Å². The van der Waals surface area contributed by atoms with Crippen molar-refractivity contribution in [2.75, 3.05) is 13.2 Å². The summed E-state index contributed by atoms with van der Waals surface area (Å²) in [5.74, 6) is -3.92. The zero-order chi connectivity index (χ0) is 13.8. The molecule has 0 fully saturated rings. The van der Waals surface area contributed by atoms with Gasteiger partial charge in [-0.25, -0.2) is 8.78 Å². The second kappa shape index (κ2) is 6.31. The molecule has 0 aliphatic rings. The SMILES string of the molecule is O=C(Cc1ccc(Cl)cc1Cl)NCC(F)(F)CO. The van der Waals surface area contributed by atoms with Crippen LogP contribution in [0, 0.1) is 0 Å². The van der Waals surface area contributed by atoms with Gasteiger partial charge in [0.25, 0.3) is 5.92 Å². The molecule has 0 spiro atoms. The van der Waals surface area contributed by atoms with E-state index in [0.717, 1.165) is 0 Å². The summed E-state index contributed by atoms with van der Waals surface area (Å²) in [5, 5.41) is 11.1. The average molecular weight is 298 g/mol. The molecular weight excluding hydrogens is 287 g/mol. The van der Waals surface area contributed by atoms with Crippen LogP contribution in [0.3, 0.4) is 0 Å². The predicted octanol–water partition coefficient (Wildman–Crippen LogP) is 2.28. The molecule has 0 bridgehead atoms. The fourth-order valence-corrected chi connectivity index (χ4v) is 1.66. The van der Waals surface area contributed by atoms with Crippen molar-refractivity contribution in [3.8, 4) is 0 Å². The first-order valence-corrected chi connectivity index (χ1v) is 5.79. The van der Waals surface area contributed by atoms with E-state index in [4.69, 9.17) is 28.3 Å². The molecule has 18 heavy (non-hydrogen) atoms. The van der Waals surface area contributed by atoms with Gasteiger partial charge in [0.1, 0.15) is 6.61 Å². The van der Waals surface area contributed by atoms with Gasteiger partial charge in [-0.3, -0.25) is 4.79 Å². The minimum atomic E-state index is -3.32. The number of halogens is 4. The van der Waals surface area contributed by atoms with E-state index in [2.05, 4.69) is 0 Å². The molecule has 0 heterocycles. The zero-order valence-corrected chi connectivity index (χ0v) is 10.7. The minimum Gasteiger partial charge on any atom is -0.390 e. The van der Waals surface area contributed by atoms with Crippen molar-refractivity contribution >= 4 is 29.1 Å². The Morgan fingerprint density at radius 2 is 2.06 bits per heavy atom. The number of amides is 1. The van der Waals surface area contributed by atoms with Gasteiger partial charge in [0, 0.05) is 10.0 Å². The summed E-state index contributed by atoms with van der Waals surface area (Å²) in [5.41, 5.74) is 0.492. The molecule has 0 aromatic heterocycles. The lowest BCUT2D eigenvalue weighted by Gasteiger charge is -2.14. The Bertz CT molecular complexity index is 441. The maximum Gasteiger partial charge on any atom is 0.287 e. The van der Waals surface area contributed by atoms with Gasteiger partial charge in [-0.2, -0.15) is 0 Å². The maximum atomic E-state index is 12.7. The number of aliphatic hydroxyl groups is 1. The van der Waals surface area contributed by atoms with Gasteiger partial charge in [0.05, 0.1) is 13.0 Å². The van der Waals surface area contributed by atoms with Crippen molar-refractivity contribution in [1.82, 2.24) is 5.32 Å². The van der Waals surface area contributed by atoms with Crippen LogP contribution >= 0.6 is 23.2 Å². The molecule has 0 saturated carbocycles. The van der Waals surface area contributed by atoms with Crippen LogP contribution in [0.5, 0.6) is 0 Å². The number of rotatable bonds is 5. The molecule has 1 rings (SSSR count). The van der Waals surface area contributed by atoms with Crippen LogP contribution in [0.4, 0.5) is 8.78 Å². The van der Waals surface area contributed by atoms with Crippen molar-refractivity contribution in [3.63, 3.8) is 0 Å². The molecule has 0 aliphatic carbocycles. The summed E-state index contributed by atoms with van der Waals surface area (Å²) < 4.78 is 25.4. The number of hydrogen-bond acceptors (Lipinski definition) is 2. The van der Waals surface area contributed by atoms with Gasteiger partial charge >= 0.3 is 0 Å². The third kappa shape index (κ3) is 4.76. The van der Waals surface area contributed by atoms with Crippen LogP contribution in [0.25, 0.3) is 0 Å². The number of carbonyl (C=O) groups is 1. The van der Waals surface area contributed by atoms with Gasteiger partial charge in [0.2, 0.25) is 5.91 Å². The average Bonchev–Trinajstić information content (AvgIpc) is 2.30. The highest BCUT2D eigenvalue weighted by atomic mass is 35.5. The molecule has 2 N–H and O–H groups in total. The highest BCUT2D eigenvalue weighted by molar-refractivity contribution is 6.35. The second-order valence-corrected chi connectivity index (χ2v) is 4.55. The standard InChI is InChI=1S/C11H11Cl2F2NO2/c12-8-2-1-7(9(13)4-8)3-10(18)16-5-11(14,15)6-17/h1-2,4,17H,3,5-6H2,(H,16,18). The van der Waals surface area contributed by atoms with Crippen molar-refractivity contribution in [3.05, 3.63) is 33.8 Å². The van der Waals surface area contributed by atoms with Gasteiger partial charge in [-0.05, 0) is 17.7 Å². The Hall–Kier alpha value is -0.910. The molecular formula is C11H11Cl2F2NO2. The first kappa shape index (κ1) is 15.1. The van der Waals surface area contributed by atoms with Crippen molar-refractivity contribution in [1.29, 1.82) is 0 Å². The lowest BCUT2D eigenvalue weighted by molar-refractivity contribution is -0.123. The van der Waals surface area contributed by atoms with Crippen molar-refractivity contribution < 1.29 is 18.7 Å². The quantitative estimate of drug-likeness (QED) is 0.876. The van der Waals surface area contributed by atoms with Crippen LogP contribution in [0.15, 0.2) is 18.2 Å². The van der Waals surface area contributed by atoms with Crippen molar-refractivity contribution in [2.24, 2.45) is 0 Å². The van der Waals surface area contributed by atoms with E-state index < -0.39 is 25.0 Å². The number of benzene rings is 1. The molecule has 0 aliphatic heterocycles. The number of hydrogen-bond donors (Lipinski definition) is 2. The largest absolute Gasteiger partial charge is 0.390 e. The number of carbonyl (C=O) groups excluding carboxylic acids is 1. The van der Waals surface area contributed by atoms with Crippen LogP contribution in [0.1, 0.15) is 5.56 Å². The Kier molecular flexibility index (Phi) is 5.31. The van der Waals surface area contributed by atoms with E-state index in [1.807, 2.05) is 5.32 Å². The molecule has 100 valence electrons. The summed E-state index contributed by atoms with van der Waals surface area (Å²) >= 11 is 11.5. The highest BCUT2D eigenvalue weighted by Gasteiger charge is 2.28. The van der Waals surface area contributed by atoms with Crippen molar-refractivity contribution in [2.45, 2.75) is 12.3 Å². The molecule has 0 atom stereocenters. The topological polar surface area (TPSA) is 49.3 Å². The normalized spacial score (nSPS) is 11.4. The molecule has 0 unspecified atom stereocenters. The molecule has 3 nitrogen and oxygen atoms in total. The molecule has 1 amide bonds. The summed E-state index contributed by atoms with van der Waals surface area (Å²) in [6.45, 7) is -2.22. The van der Waals surface area contributed by atoms with E-state index in [9.17, 15) is 13.6 Å². The van der Waals surface area contributed by atoms with E-state index in [1.165, 1.54) is 6.07 Å². The fourth-order valence-electron chi connectivity index (χ4n) is 1.18.